The highest BCUT2D eigenvalue weighted by atomic mass is 16.5. The van der Waals surface area contributed by atoms with Gasteiger partial charge < -0.3 is 10.1 Å². The van der Waals surface area contributed by atoms with E-state index in [9.17, 15) is 9.59 Å². The minimum absolute atomic E-state index is 0.0772. The standard InChI is InChI=1S/C21H26N4O3/c1-5-14-9-16(19(26)28-12-15-7-6-8-22-10-15)17(23-11-14)18-24-20(27)21(4,25-18)13(2)3/h6-11,13,18,25H,5,12H2,1-4H3,(H,24,27). The number of carbonyl (C=O) groups is 2. The van der Waals surface area contributed by atoms with Crippen LogP contribution >= 0.6 is 0 Å². The number of rotatable bonds is 6. The lowest BCUT2D eigenvalue weighted by Gasteiger charge is -2.26. The minimum Gasteiger partial charge on any atom is -0.457 e. The number of pyridine rings is 2. The maximum atomic E-state index is 12.8. The molecular formula is C21H26N4O3. The summed E-state index contributed by atoms with van der Waals surface area (Å²) >= 11 is 0. The summed E-state index contributed by atoms with van der Waals surface area (Å²) in [4.78, 5) is 33.8. The molecule has 1 amide bonds. The molecule has 1 saturated heterocycles. The fourth-order valence-electron chi connectivity index (χ4n) is 3.06. The van der Waals surface area contributed by atoms with Crippen LogP contribution in [0.1, 0.15) is 61.0 Å². The number of nitrogens with zero attached hydrogens (tertiary/aromatic N) is 2. The average Bonchev–Trinajstić information content (AvgIpc) is 3.02. The summed E-state index contributed by atoms with van der Waals surface area (Å²) in [6, 6.07) is 5.42. The summed E-state index contributed by atoms with van der Waals surface area (Å²) in [6.45, 7) is 7.93. The first kappa shape index (κ1) is 19.9. The molecule has 0 spiro atoms. The number of nitrogens with one attached hydrogen (secondary N) is 2. The second-order valence-electron chi connectivity index (χ2n) is 7.48. The number of hydrogen-bond donors (Lipinski definition) is 2. The number of aryl methyl sites for hydroxylation is 1. The van der Waals surface area contributed by atoms with Gasteiger partial charge in [-0.25, -0.2) is 4.79 Å². The lowest BCUT2D eigenvalue weighted by Crippen LogP contribution is -2.48. The Balaban J connectivity index is 1.86. The van der Waals surface area contributed by atoms with Gasteiger partial charge in [0.25, 0.3) is 0 Å². The predicted molar refractivity (Wildman–Crippen MR) is 104 cm³/mol. The van der Waals surface area contributed by atoms with Crippen LogP contribution in [0.25, 0.3) is 0 Å². The highest BCUT2D eigenvalue weighted by Crippen LogP contribution is 2.29. The molecule has 3 heterocycles. The summed E-state index contributed by atoms with van der Waals surface area (Å²) in [6.07, 6.45) is 5.24. The topological polar surface area (TPSA) is 93.2 Å². The fourth-order valence-corrected chi connectivity index (χ4v) is 3.06. The van der Waals surface area contributed by atoms with Crippen molar-refractivity contribution in [1.29, 1.82) is 0 Å². The van der Waals surface area contributed by atoms with Crippen LogP contribution in [-0.2, 0) is 22.6 Å². The van der Waals surface area contributed by atoms with Crippen LogP contribution in [0.5, 0.6) is 0 Å². The highest BCUT2D eigenvalue weighted by molar-refractivity contribution is 5.92. The Morgan fingerprint density at radius 2 is 2.11 bits per heavy atom. The number of ether oxygens (including phenoxy) is 1. The van der Waals surface area contributed by atoms with Gasteiger partial charge in [0, 0.05) is 24.2 Å². The molecule has 1 aliphatic rings. The Kier molecular flexibility index (Phi) is 5.74. The van der Waals surface area contributed by atoms with Crippen molar-refractivity contribution in [2.24, 2.45) is 5.92 Å². The largest absolute Gasteiger partial charge is 0.457 e. The molecular weight excluding hydrogens is 356 g/mol. The molecule has 28 heavy (non-hydrogen) atoms. The SMILES string of the molecule is CCc1cnc(C2NC(=O)C(C)(C(C)C)N2)c(C(=O)OCc2cccnc2)c1. The van der Waals surface area contributed by atoms with E-state index in [1.807, 2.05) is 33.8 Å². The normalized spacial score (nSPS) is 21.6. The number of amides is 1. The monoisotopic (exact) mass is 382 g/mol. The maximum absolute atomic E-state index is 12.8. The van der Waals surface area contributed by atoms with E-state index in [1.54, 1.807) is 30.7 Å². The number of hydrogen-bond acceptors (Lipinski definition) is 6. The number of esters is 1. The lowest BCUT2D eigenvalue weighted by atomic mass is 9.89. The summed E-state index contributed by atoms with van der Waals surface area (Å²) in [5.41, 5.74) is 1.82. The smallest absolute Gasteiger partial charge is 0.340 e. The Morgan fingerprint density at radius 3 is 2.71 bits per heavy atom. The Hall–Kier alpha value is -2.80. The quantitative estimate of drug-likeness (QED) is 0.746. The van der Waals surface area contributed by atoms with Crippen LogP contribution in [-0.4, -0.2) is 27.4 Å². The van der Waals surface area contributed by atoms with E-state index < -0.39 is 17.7 Å². The molecule has 2 N–H and O–H groups in total. The van der Waals surface area contributed by atoms with Gasteiger partial charge in [-0.1, -0.05) is 26.8 Å². The molecule has 2 atom stereocenters. The van der Waals surface area contributed by atoms with Gasteiger partial charge in [-0.15, -0.1) is 0 Å². The first-order valence-corrected chi connectivity index (χ1v) is 9.48. The van der Waals surface area contributed by atoms with Gasteiger partial charge in [0.2, 0.25) is 5.91 Å². The predicted octanol–water partition coefficient (Wildman–Crippen LogP) is 2.53. The van der Waals surface area contributed by atoms with Crippen molar-refractivity contribution in [2.75, 3.05) is 0 Å². The van der Waals surface area contributed by atoms with Gasteiger partial charge in [-0.05, 0) is 37.0 Å². The molecule has 0 aromatic carbocycles. The molecule has 3 rings (SSSR count). The lowest BCUT2D eigenvalue weighted by molar-refractivity contribution is -0.125. The van der Waals surface area contributed by atoms with Crippen molar-refractivity contribution in [3.05, 3.63) is 59.2 Å². The van der Waals surface area contributed by atoms with Crippen LogP contribution in [0.2, 0.25) is 0 Å². The van der Waals surface area contributed by atoms with Crippen LogP contribution in [0.3, 0.4) is 0 Å². The maximum Gasteiger partial charge on any atom is 0.340 e. The van der Waals surface area contributed by atoms with Crippen molar-refractivity contribution >= 4 is 11.9 Å². The van der Waals surface area contributed by atoms with E-state index in [4.69, 9.17) is 4.74 Å². The van der Waals surface area contributed by atoms with Gasteiger partial charge in [-0.2, -0.15) is 0 Å². The third kappa shape index (κ3) is 3.89. The van der Waals surface area contributed by atoms with Crippen molar-refractivity contribution < 1.29 is 14.3 Å². The van der Waals surface area contributed by atoms with Gasteiger partial charge in [0.15, 0.2) is 0 Å². The van der Waals surface area contributed by atoms with E-state index in [2.05, 4.69) is 20.6 Å². The van der Waals surface area contributed by atoms with Crippen LogP contribution < -0.4 is 10.6 Å². The second-order valence-corrected chi connectivity index (χ2v) is 7.48. The molecule has 0 aliphatic carbocycles. The second kappa shape index (κ2) is 8.06. The number of carbonyl (C=O) groups excluding carboxylic acids is 2. The van der Waals surface area contributed by atoms with Gasteiger partial charge in [0.1, 0.15) is 12.8 Å². The van der Waals surface area contributed by atoms with E-state index in [1.165, 1.54) is 0 Å². The van der Waals surface area contributed by atoms with Crippen LogP contribution in [0.4, 0.5) is 0 Å². The molecule has 2 unspecified atom stereocenters. The van der Waals surface area contributed by atoms with Gasteiger partial charge >= 0.3 is 5.97 Å². The Bertz CT molecular complexity index is 869. The summed E-state index contributed by atoms with van der Waals surface area (Å²) in [5.74, 6) is -0.507. The van der Waals surface area contributed by atoms with Crippen molar-refractivity contribution in [1.82, 2.24) is 20.6 Å². The zero-order valence-electron chi connectivity index (χ0n) is 16.7. The van der Waals surface area contributed by atoms with Crippen LogP contribution in [0.15, 0.2) is 36.8 Å². The zero-order chi connectivity index (χ0) is 20.3. The first-order chi connectivity index (χ1) is 13.3. The van der Waals surface area contributed by atoms with E-state index >= 15 is 0 Å². The summed E-state index contributed by atoms with van der Waals surface area (Å²) < 4.78 is 5.48. The molecule has 2 aromatic rings. The van der Waals surface area contributed by atoms with E-state index in [0.717, 1.165) is 17.5 Å². The minimum atomic E-state index is -0.730. The van der Waals surface area contributed by atoms with Crippen LogP contribution in [0, 0.1) is 5.92 Å². The molecule has 0 radical (unpaired) electrons. The Labute approximate surface area is 164 Å². The molecule has 7 heteroatoms. The molecule has 0 saturated carbocycles. The average molecular weight is 382 g/mol. The molecule has 0 bridgehead atoms. The third-order valence-corrected chi connectivity index (χ3v) is 5.32. The summed E-state index contributed by atoms with van der Waals surface area (Å²) in [7, 11) is 0. The summed E-state index contributed by atoms with van der Waals surface area (Å²) in [5, 5.41) is 6.22. The van der Waals surface area contributed by atoms with Crippen molar-refractivity contribution in [3.8, 4) is 0 Å². The molecule has 1 aliphatic heterocycles. The zero-order valence-corrected chi connectivity index (χ0v) is 16.7. The third-order valence-electron chi connectivity index (χ3n) is 5.32. The van der Waals surface area contributed by atoms with E-state index in [-0.39, 0.29) is 18.4 Å². The molecule has 2 aromatic heterocycles. The molecule has 148 valence electrons. The van der Waals surface area contributed by atoms with Crippen molar-refractivity contribution in [3.63, 3.8) is 0 Å². The van der Waals surface area contributed by atoms with Gasteiger partial charge in [-0.3, -0.25) is 20.1 Å². The first-order valence-electron chi connectivity index (χ1n) is 9.48. The number of aromatic nitrogens is 2. The Morgan fingerprint density at radius 1 is 1.32 bits per heavy atom. The van der Waals surface area contributed by atoms with E-state index in [0.29, 0.717) is 11.3 Å². The molecule has 7 nitrogen and oxygen atoms in total. The van der Waals surface area contributed by atoms with Gasteiger partial charge in [0.05, 0.1) is 16.8 Å². The van der Waals surface area contributed by atoms with Crippen molar-refractivity contribution in [2.45, 2.75) is 52.4 Å². The fraction of sp³-hybridized carbons (Fsp3) is 0.429. The highest BCUT2D eigenvalue weighted by Gasteiger charge is 2.46. The molecule has 1 fully saturated rings.